The van der Waals surface area contributed by atoms with Gasteiger partial charge in [-0.15, -0.1) is 0 Å². The predicted molar refractivity (Wildman–Crippen MR) is 99.3 cm³/mol. The number of Topliss-reactive ketones (excluding diaryl/α,β-unsaturated/α-hetero) is 1. The summed E-state index contributed by atoms with van der Waals surface area (Å²) in [6, 6.07) is 19.9. The number of carbonyl (C=O) groups excluding carboxylic acids is 1. The van der Waals surface area contributed by atoms with Gasteiger partial charge in [0.1, 0.15) is 5.69 Å². The molecule has 0 unspecified atom stereocenters. The fourth-order valence-corrected chi connectivity index (χ4v) is 2.64. The zero-order valence-electron chi connectivity index (χ0n) is 14.0. The smallest absolute Gasteiger partial charge is 0.181 e. The van der Waals surface area contributed by atoms with Crippen LogP contribution < -0.4 is 0 Å². The minimum Gasteiger partial charge on any atom is -0.292 e. The van der Waals surface area contributed by atoms with Gasteiger partial charge >= 0.3 is 0 Å². The molecule has 1 aromatic heterocycles. The minimum atomic E-state index is 0.0813. The van der Waals surface area contributed by atoms with Crippen LogP contribution in [0.15, 0.2) is 65.7 Å². The second-order valence-corrected chi connectivity index (χ2v) is 5.81. The van der Waals surface area contributed by atoms with Gasteiger partial charge in [0.05, 0.1) is 17.1 Å². The highest BCUT2D eigenvalue weighted by Gasteiger charge is 2.08. The summed E-state index contributed by atoms with van der Waals surface area (Å²) in [6.45, 7) is 3.92. The molecule has 3 heteroatoms. The summed E-state index contributed by atoms with van der Waals surface area (Å²) < 4.78 is 0. The first kappa shape index (κ1) is 16.1. The summed E-state index contributed by atoms with van der Waals surface area (Å²) in [4.78, 5) is 21.2. The third-order valence-electron chi connectivity index (χ3n) is 3.91. The Bertz CT molecular complexity index is 912. The van der Waals surface area contributed by atoms with Crippen molar-refractivity contribution in [1.82, 2.24) is 4.98 Å². The molecule has 3 aromatic rings. The molecule has 0 saturated carbocycles. The van der Waals surface area contributed by atoms with E-state index in [1.54, 1.807) is 6.07 Å². The number of carbonyl (C=O) groups is 1. The zero-order chi connectivity index (χ0) is 16.9. The number of nitrogens with zero attached hydrogens (tertiary/aromatic N) is 2. The molecule has 1 heterocycles. The van der Waals surface area contributed by atoms with Crippen molar-refractivity contribution in [2.75, 3.05) is 0 Å². The average Bonchev–Trinajstić information content (AvgIpc) is 2.62. The van der Waals surface area contributed by atoms with E-state index in [4.69, 9.17) is 0 Å². The van der Waals surface area contributed by atoms with Gasteiger partial charge in [0.25, 0.3) is 0 Å². The summed E-state index contributed by atoms with van der Waals surface area (Å²) >= 11 is 0. The lowest BCUT2D eigenvalue weighted by atomic mass is 10.1. The number of benzene rings is 2. The van der Waals surface area contributed by atoms with Gasteiger partial charge in [-0.2, -0.15) is 0 Å². The Labute approximate surface area is 142 Å². The van der Waals surface area contributed by atoms with E-state index in [0.717, 1.165) is 28.9 Å². The largest absolute Gasteiger partial charge is 0.292 e. The Morgan fingerprint density at radius 2 is 1.71 bits per heavy atom. The number of aliphatic imine (C=N–C) groups is 1. The van der Waals surface area contributed by atoms with Crippen molar-refractivity contribution in [2.24, 2.45) is 4.99 Å². The molecule has 0 aliphatic heterocycles. The second kappa shape index (κ2) is 7.18. The standard InChI is InChI=1S/C21H20N2O/c1-3-7-21(24)20-11-6-10-19(23-20)15(2)22-18-13-12-16-8-4-5-9-17(16)14-18/h4-6,8-14H,3,7H2,1-2H3. The number of ketones is 1. The van der Waals surface area contributed by atoms with Gasteiger partial charge < -0.3 is 0 Å². The molecule has 0 bridgehead atoms. The number of hydrogen-bond donors (Lipinski definition) is 0. The Balaban J connectivity index is 1.92. The summed E-state index contributed by atoms with van der Waals surface area (Å²) in [6.07, 6.45) is 1.35. The first-order chi connectivity index (χ1) is 11.7. The van der Waals surface area contributed by atoms with Crippen LogP contribution in [0.25, 0.3) is 10.8 Å². The molecule has 3 rings (SSSR count). The Kier molecular flexibility index (Phi) is 4.80. The summed E-state index contributed by atoms with van der Waals surface area (Å²) in [5.74, 6) is 0.0813. The van der Waals surface area contributed by atoms with E-state index in [9.17, 15) is 4.79 Å². The lowest BCUT2D eigenvalue weighted by Crippen LogP contribution is -2.06. The molecular weight excluding hydrogens is 296 g/mol. The zero-order valence-corrected chi connectivity index (χ0v) is 14.0. The molecular formula is C21H20N2O. The quantitative estimate of drug-likeness (QED) is 0.470. The summed E-state index contributed by atoms with van der Waals surface area (Å²) in [5.41, 5.74) is 2.95. The second-order valence-electron chi connectivity index (χ2n) is 5.81. The van der Waals surface area contributed by atoms with Crippen molar-refractivity contribution in [1.29, 1.82) is 0 Å². The molecule has 0 radical (unpaired) electrons. The highest BCUT2D eigenvalue weighted by atomic mass is 16.1. The molecule has 24 heavy (non-hydrogen) atoms. The van der Waals surface area contributed by atoms with Crippen molar-refractivity contribution < 1.29 is 4.79 Å². The highest BCUT2D eigenvalue weighted by molar-refractivity contribution is 6.01. The fraction of sp³-hybridized carbons (Fsp3) is 0.190. The molecule has 2 aromatic carbocycles. The number of pyridine rings is 1. The maximum Gasteiger partial charge on any atom is 0.181 e. The highest BCUT2D eigenvalue weighted by Crippen LogP contribution is 2.21. The first-order valence-electron chi connectivity index (χ1n) is 8.22. The number of aromatic nitrogens is 1. The normalized spacial score (nSPS) is 11.7. The molecule has 0 N–H and O–H groups in total. The molecule has 3 nitrogen and oxygen atoms in total. The van der Waals surface area contributed by atoms with Crippen LogP contribution in [0.1, 0.15) is 42.9 Å². The van der Waals surface area contributed by atoms with Crippen LogP contribution >= 0.6 is 0 Å². The van der Waals surface area contributed by atoms with Crippen LogP contribution in [0.2, 0.25) is 0 Å². The van der Waals surface area contributed by atoms with Gasteiger partial charge in [-0.05, 0) is 48.4 Å². The van der Waals surface area contributed by atoms with E-state index in [-0.39, 0.29) is 5.78 Å². The topological polar surface area (TPSA) is 42.3 Å². The fourth-order valence-electron chi connectivity index (χ4n) is 2.64. The van der Waals surface area contributed by atoms with Crippen LogP contribution in [-0.4, -0.2) is 16.5 Å². The van der Waals surface area contributed by atoms with Gasteiger partial charge in [-0.25, -0.2) is 4.98 Å². The monoisotopic (exact) mass is 316 g/mol. The van der Waals surface area contributed by atoms with Crippen LogP contribution in [0.3, 0.4) is 0 Å². The maximum absolute atomic E-state index is 12.0. The van der Waals surface area contributed by atoms with Crippen LogP contribution in [0.4, 0.5) is 5.69 Å². The maximum atomic E-state index is 12.0. The lowest BCUT2D eigenvalue weighted by Gasteiger charge is -2.04. The van der Waals surface area contributed by atoms with Gasteiger partial charge in [0, 0.05) is 6.42 Å². The average molecular weight is 316 g/mol. The number of hydrogen-bond acceptors (Lipinski definition) is 3. The van der Waals surface area contributed by atoms with E-state index in [1.807, 2.05) is 44.2 Å². The molecule has 0 saturated heterocycles. The Morgan fingerprint density at radius 1 is 0.958 bits per heavy atom. The molecule has 120 valence electrons. The van der Waals surface area contributed by atoms with Gasteiger partial charge in [-0.1, -0.05) is 43.3 Å². The van der Waals surface area contributed by atoms with Crippen molar-refractivity contribution in [3.63, 3.8) is 0 Å². The van der Waals surface area contributed by atoms with E-state index >= 15 is 0 Å². The van der Waals surface area contributed by atoms with Crippen molar-refractivity contribution in [3.05, 3.63) is 72.1 Å². The number of rotatable bonds is 5. The summed E-state index contributed by atoms with van der Waals surface area (Å²) in [5, 5.41) is 2.35. The molecule has 0 aliphatic rings. The lowest BCUT2D eigenvalue weighted by molar-refractivity contribution is 0.0977. The first-order valence-corrected chi connectivity index (χ1v) is 8.22. The van der Waals surface area contributed by atoms with E-state index in [1.165, 1.54) is 5.39 Å². The van der Waals surface area contributed by atoms with E-state index in [0.29, 0.717) is 12.1 Å². The molecule has 0 aliphatic carbocycles. The SMILES string of the molecule is CCCC(=O)c1cccc(C(C)=Nc2ccc3ccccc3c2)n1. The van der Waals surface area contributed by atoms with Gasteiger partial charge in [0.15, 0.2) is 5.78 Å². The van der Waals surface area contributed by atoms with Crippen molar-refractivity contribution in [2.45, 2.75) is 26.7 Å². The van der Waals surface area contributed by atoms with Gasteiger partial charge in [-0.3, -0.25) is 9.79 Å². The minimum absolute atomic E-state index is 0.0813. The van der Waals surface area contributed by atoms with Crippen molar-refractivity contribution >= 4 is 28.0 Å². The van der Waals surface area contributed by atoms with Gasteiger partial charge in [0.2, 0.25) is 0 Å². The molecule has 0 spiro atoms. The third kappa shape index (κ3) is 3.57. The Morgan fingerprint density at radius 3 is 2.50 bits per heavy atom. The van der Waals surface area contributed by atoms with Crippen LogP contribution in [0, 0.1) is 0 Å². The molecule has 0 atom stereocenters. The molecule has 0 amide bonds. The van der Waals surface area contributed by atoms with Crippen LogP contribution in [-0.2, 0) is 0 Å². The third-order valence-corrected chi connectivity index (χ3v) is 3.91. The Hall–Kier alpha value is -2.81. The van der Waals surface area contributed by atoms with Crippen LogP contribution in [0.5, 0.6) is 0 Å². The molecule has 0 fully saturated rings. The summed E-state index contributed by atoms with van der Waals surface area (Å²) in [7, 11) is 0. The van der Waals surface area contributed by atoms with E-state index < -0.39 is 0 Å². The van der Waals surface area contributed by atoms with Crippen molar-refractivity contribution in [3.8, 4) is 0 Å². The number of fused-ring (bicyclic) bond motifs is 1. The van der Waals surface area contributed by atoms with E-state index in [2.05, 4.69) is 34.2 Å². The predicted octanol–water partition coefficient (Wildman–Crippen LogP) is 5.36.